The van der Waals surface area contributed by atoms with Gasteiger partial charge >= 0.3 is 0 Å². The fourth-order valence-corrected chi connectivity index (χ4v) is 11.6. The predicted octanol–water partition coefficient (Wildman–Crippen LogP) is 5.23. The lowest BCUT2D eigenvalue weighted by Crippen LogP contribution is -2.66. The minimum Gasteiger partial charge on any atom is -0.544 e. The molecule has 7 heteroatoms. The zero-order chi connectivity index (χ0) is 30.9. The number of imide groups is 1. The van der Waals surface area contributed by atoms with Crippen molar-refractivity contribution in [2.75, 3.05) is 4.90 Å². The Kier molecular flexibility index (Phi) is 8.11. The van der Waals surface area contributed by atoms with Gasteiger partial charge in [0, 0.05) is 0 Å². The maximum absolute atomic E-state index is 14.1. The van der Waals surface area contributed by atoms with Gasteiger partial charge in [-0.05, 0) is 59.5 Å². The Labute approximate surface area is 261 Å². The van der Waals surface area contributed by atoms with E-state index in [0.717, 1.165) is 5.75 Å². The van der Waals surface area contributed by atoms with Crippen molar-refractivity contribution < 1.29 is 18.8 Å². The molecule has 2 fully saturated rings. The molecule has 0 bridgehead atoms. The van der Waals surface area contributed by atoms with Gasteiger partial charge in [-0.25, -0.2) is 4.90 Å². The van der Waals surface area contributed by atoms with Crippen molar-refractivity contribution in [1.82, 2.24) is 0 Å². The van der Waals surface area contributed by atoms with Crippen LogP contribution >= 0.6 is 0 Å². The molecular weight excluding hydrogens is 579 g/mol. The number of anilines is 1. The van der Waals surface area contributed by atoms with Crippen molar-refractivity contribution in [2.24, 2.45) is 11.8 Å². The van der Waals surface area contributed by atoms with Crippen LogP contribution in [0, 0.1) is 11.8 Å². The molecule has 0 aliphatic carbocycles. The standard InChI is InChI=1S/C37H37NO4Si2/c1-5-32-34-35(37(40)38(36(34)39)27-21-23-28(24-22-27)42-43(2,3)4)33(41-32)25-26-44(29-15-9-6-10-16-29,30-17-11-7-12-18-30)31-19-13-8-14-20-31/h5-26,32-35H,1H2,2-4H3/b26-25+. The van der Waals surface area contributed by atoms with Gasteiger partial charge in [0.15, 0.2) is 8.07 Å². The summed E-state index contributed by atoms with van der Waals surface area (Å²) < 4.78 is 12.5. The highest BCUT2D eigenvalue weighted by atomic mass is 28.4. The normalized spacial score (nSPS) is 21.9. The van der Waals surface area contributed by atoms with E-state index in [2.05, 4.69) is 105 Å². The summed E-state index contributed by atoms with van der Waals surface area (Å²) in [6.07, 6.45) is 2.55. The van der Waals surface area contributed by atoms with Crippen molar-refractivity contribution in [3.05, 3.63) is 140 Å². The highest BCUT2D eigenvalue weighted by molar-refractivity contribution is 7.14. The summed E-state index contributed by atoms with van der Waals surface area (Å²) in [6.45, 7) is 10.3. The van der Waals surface area contributed by atoms with Gasteiger partial charge in [-0.15, -0.1) is 6.58 Å². The Hall–Kier alpha value is -4.31. The van der Waals surface area contributed by atoms with Crippen LogP contribution in [0.2, 0.25) is 19.6 Å². The molecule has 2 aliphatic heterocycles. The second-order valence-electron chi connectivity index (χ2n) is 12.3. The van der Waals surface area contributed by atoms with Crippen LogP contribution in [0.15, 0.2) is 140 Å². The van der Waals surface area contributed by atoms with E-state index in [9.17, 15) is 9.59 Å². The molecule has 0 radical (unpaired) electrons. The third-order valence-electron chi connectivity index (χ3n) is 8.39. The van der Waals surface area contributed by atoms with Crippen LogP contribution in [0.3, 0.4) is 0 Å². The molecule has 2 heterocycles. The summed E-state index contributed by atoms with van der Waals surface area (Å²) in [5, 5.41) is 3.67. The van der Waals surface area contributed by atoms with Gasteiger partial charge in [-0.1, -0.05) is 109 Å². The molecule has 2 amide bonds. The number of amides is 2. The lowest BCUT2D eigenvalue weighted by molar-refractivity contribution is -0.124. The molecule has 5 nitrogen and oxygen atoms in total. The average Bonchev–Trinajstić information content (AvgIpc) is 3.54. The third-order valence-corrected chi connectivity index (χ3v) is 13.7. The zero-order valence-corrected chi connectivity index (χ0v) is 27.3. The smallest absolute Gasteiger partial charge is 0.242 e. The van der Waals surface area contributed by atoms with Crippen LogP contribution in [-0.4, -0.2) is 40.4 Å². The Morgan fingerprint density at radius 2 is 1.14 bits per heavy atom. The quantitative estimate of drug-likeness (QED) is 0.112. The van der Waals surface area contributed by atoms with E-state index in [4.69, 9.17) is 9.16 Å². The summed E-state index contributed by atoms with van der Waals surface area (Å²) in [5.74, 6) is -1.03. The van der Waals surface area contributed by atoms with Crippen molar-refractivity contribution in [2.45, 2.75) is 31.8 Å². The third kappa shape index (κ3) is 5.43. The second kappa shape index (κ2) is 12.0. The van der Waals surface area contributed by atoms with E-state index in [1.807, 2.05) is 36.4 Å². The molecule has 222 valence electrons. The van der Waals surface area contributed by atoms with E-state index >= 15 is 0 Å². The van der Waals surface area contributed by atoms with Gasteiger partial charge in [0.2, 0.25) is 20.1 Å². The van der Waals surface area contributed by atoms with Crippen LogP contribution < -0.4 is 24.9 Å². The lowest BCUT2D eigenvalue weighted by Gasteiger charge is -2.31. The second-order valence-corrected chi connectivity index (χ2v) is 20.4. The molecule has 6 rings (SSSR count). The summed E-state index contributed by atoms with van der Waals surface area (Å²) in [7, 11) is -4.51. The monoisotopic (exact) mass is 615 g/mol. The van der Waals surface area contributed by atoms with Gasteiger partial charge in [0.05, 0.1) is 29.7 Å². The number of carbonyl (C=O) groups excluding carboxylic acids is 2. The van der Waals surface area contributed by atoms with E-state index in [-0.39, 0.29) is 11.8 Å². The van der Waals surface area contributed by atoms with Crippen LogP contribution in [0.4, 0.5) is 5.69 Å². The minimum absolute atomic E-state index is 0.246. The van der Waals surface area contributed by atoms with Crippen molar-refractivity contribution >= 4 is 49.5 Å². The molecule has 0 spiro atoms. The van der Waals surface area contributed by atoms with Crippen molar-refractivity contribution in [3.63, 3.8) is 0 Å². The first-order valence-electron chi connectivity index (χ1n) is 15.0. The number of rotatable bonds is 9. The number of hydrogen-bond donors (Lipinski definition) is 0. The first kappa shape index (κ1) is 29.8. The largest absolute Gasteiger partial charge is 0.544 e. The molecule has 0 aromatic heterocycles. The molecule has 2 aliphatic rings. The highest BCUT2D eigenvalue weighted by Crippen LogP contribution is 2.43. The summed E-state index contributed by atoms with van der Waals surface area (Å²) in [4.78, 5) is 29.2. The van der Waals surface area contributed by atoms with Gasteiger partial charge in [0.25, 0.3) is 0 Å². The molecule has 4 aromatic carbocycles. The zero-order valence-electron chi connectivity index (χ0n) is 25.3. The fourth-order valence-electron chi connectivity index (χ4n) is 6.52. The molecule has 4 aromatic rings. The van der Waals surface area contributed by atoms with Crippen LogP contribution in [-0.2, 0) is 14.3 Å². The van der Waals surface area contributed by atoms with Gasteiger partial charge < -0.3 is 9.16 Å². The number of benzene rings is 4. The molecule has 44 heavy (non-hydrogen) atoms. The molecule has 0 N–H and O–H groups in total. The first-order chi connectivity index (χ1) is 21.2. The number of carbonyl (C=O) groups is 2. The van der Waals surface area contributed by atoms with E-state index in [1.54, 1.807) is 18.2 Å². The SMILES string of the molecule is C=CC1OC(/C=C/[Si](c2ccccc2)(c2ccccc2)c2ccccc2)C2C(=O)N(c3ccc(O[Si](C)(C)C)cc3)C(=O)C12. The van der Waals surface area contributed by atoms with Gasteiger partial charge in [0.1, 0.15) is 5.75 Å². The van der Waals surface area contributed by atoms with E-state index in [0.29, 0.717) is 5.69 Å². The van der Waals surface area contributed by atoms with E-state index in [1.165, 1.54) is 20.5 Å². The van der Waals surface area contributed by atoms with Crippen LogP contribution in [0.5, 0.6) is 5.75 Å². The Morgan fingerprint density at radius 1 is 0.682 bits per heavy atom. The molecule has 0 saturated carbocycles. The number of hydrogen-bond acceptors (Lipinski definition) is 4. The summed E-state index contributed by atoms with van der Waals surface area (Å²) in [6, 6.07) is 38.9. The maximum atomic E-state index is 14.1. The number of ether oxygens (including phenoxy) is 1. The number of nitrogens with zero attached hydrogens (tertiary/aromatic N) is 1. The van der Waals surface area contributed by atoms with Crippen molar-refractivity contribution in [3.8, 4) is 5.75 Å². The molecular formula is C37H37NO4Si2. The first-order valence-corrected chi connectivity index (χ1v) is 20.5. The van der Waals surface area contributed by atoms with Crippen LogP contribution in [0.25, 0.3) is 0 Å². The minimum atomic E-state index is -2.72. The Balaban J connectivity index is 1.40. The highest BCUT2D eigenvalue weighted by Gasteiger charge is 2.59. The van der Waals surface area contributed by atoms with Gasteiger partial charge in [-0.2, -0.15) is 0 Å². The van der Waals surface area contributed by atoms with Gasteiger partial charge in [-0.3, -0.25) is 9.59 Å². The summed E-state index contributed by atoms with van der Waals surface area (Å²) in [5.41, 5.74) is 2.83. The average molecular weight is 616 g/mol. The van der Waals surface area contributed by atoms with Crippen LogP contribution in [0.1, 0.15) is 0 Å². The molecule has 4 atom stereocenters. The summed E-state index contributed by atoms with van der Waals surface area (Å²) >= 11 is 0. The number of fused-ring (bicyclic) bond motifs is 1. The Bertz CT molecular complexity index is 1570. The maximum Gasteiger partial charge on any atom is 0.242 e. The Morgan fingerprint density at radius 3 is 1.57 bits per heavy atom. The lowest BCUT2D eigenvalue weighted by atomic mass is 9.89. The topological polar surface area (TPSA) is 55.8 Å². The molecule has 2 saturated heterocycles. The fraction of sp³-hybridized carbons (Fsp3) is 0.189. The van der Waals surface area contributed by atoms with Crippen molar-refractivity contribution in [1.29, 1.82) is 0 Å². The molecule has 4 unspecified atom stereocenters. The van der Waals surface area contributed by atoms with E-state index < -0.39 is 40.4 Å². The predicted molar refractivity (Wildman–Crippen MR) is 182 cm³/mol.